The van der Waals surface area contributed by atoms with Crippen molar-refractivity contribution in [2.75, 3.05) is 20.1 Å². The third kappa shape index (κ3) is 5.32. The Morgan fingerprint density at radius 2 is 2.06 bits per heavy atom. The normalized spacial score (nSPS) is 11.1. The number of carboxylic acid groups (broad SMARTS) is 1. The van der Waals surface area contributed by atoms with Crippen molar-refractivity contribution in [2.24, 2.45) is 0 Å². The number of aliphatic carboxylic acids is 1. The fraction of sp³-hybridized carbons (Fsp3) is 0.308. The van der Waals surface area contributed by atoms with Crippen LogP contribution >= 0.6 is 0 Å². The van der Waals surface area contributed by atoms with Crippen LogP contribution in [0.15, 0.2) is 42.5 Å². The summed E-state index contributed by atoms with van der Waals surface area (Å²) in [5.41, 5.74) is 1.30. The van der Waals surface area contributed by atoms with Crippen molar-refractivity contribution in [3.05, 3.63) is 48.0 Å². The van der Waals surface area contributed by atoms with Crippen LogP contribution in [0.1, 0.15) is 5.56 Å². The van der Waals surface area contributed by atoms with E-state index in [0.717, 1.165) is 13.0 Å². The van der Waals surface area contributed by atoms with Gasteiger partial charge in [-0.25, -0.2) is 4.79 Å². The molecule has 0 radical (unpaired) electrons. The van der Waals surface area contributed by atoms with Crippen molar-refractivity contribution < 1.29 is 9.90 Å². The van der Waals surface area contributed by atoms with Gasteiger partial charge in [0.2, 0.25) is 0 Å². The molecule has 0 unspecified atom stereocenters. The van der Waals surface area contributed by atoms with Gasteiger partial charge in [0.1, 0.15) is 0 Å². The van der Waals surface area contributed by atoms with E-state index in [2.05, 4.69) is 17.0 Å². The van der Waals surface area contributed by atoms with E-state index in [1.165, 1.54) is 11.6 Å². The number of hydrogen-bond donors (Lipinski definition) is 1. The molecule has 1 aromatic rings. The van der Waals surface area contributed by atoms with Crippen LogP contribution in [-0.4, -0.2) is 36.1 Å². The SMILES string of the molecule is CN(C/C=C/C(=O)O)CCc1ccccc1. The van der Waals surface area contributed by atoms with Crippen LogP contribution in [0.3, 0.4) is 0 Å². The number of likely N-dealkylation sites (N-methyl/N-ethyl adjacent to an activating group) is 1. The van der Waals surface area contributed by atoms with Crippen LogP contribution in [0.25, 0.3) is 0 Å². The molecule has 16 heavy (non-hydrogen) atoms. The van der Waals surface area contributed by atoms with Gasteiger partial charge in [-0.3, -0.25) is 0 Å². The summed E-state index contributed by atoms with van der Waals surface area (Å²) in [5.74, 6) is -0.892. The van der Waals surface area contributed by atoms with Gasteiger partial charge in [0.15, 0.2) is 0 Å². The van der Waals surface area contributed by atoms with Crippen molar-refractivity contribution >= 4 is 5.97 Å². The van der Waals surface area contributed by atoms with Gasteiger partial charge in [-0.15, -0.1) is 0 Å². The Balaban J connectivity index is 2.25. The minimum Gasteiger partial charge on any atom is -0.478 e. The van der Waals surface area contributed by atoms with E-state index in [0.29, 0.717) is 6.54 Å². The maximum atomic E-state index is 10.3. The Morgan fingerprint density at radius 3 is 2.69 bits per heavy atom. The molecule has 0 aliphatic carbocycles. The predicted molar refractivity (Wildman–Crippen MR) is 64.4 cm³/mol. The number of carboxylic acids is 1. The van der Waals surface area contributed by atoms with E-state index < -0.39 is 5.97 Å². The molecule has 0 saturated heterocycles. The molecule has 0 bridgehead atoms. The van der Waals surface area contributed by atoms with Crippen molar-refractivity contribution in [1.82, 2.24) is 4.90 Å². The number of hydrogen-bond acceptors (Lipinski definition) is 2. The van der Waals surface area contributed by atoms with E-state index in [1.807, 2.05) is 25.2 Å². The van der Waals surface area contributed by atoms with Gasteiger partial charge in [0, 0.05) is 19.2 Å². The first-order valence-electron chi connectivity index (χ1n) is 5.30. The molecule has 0 aliphatic heterocycles. The predicted octanol–water partition coefficient (Wildman–Crippen LogP) is 1.80. The van der Waals surface area contributed by atoms with Crippen LogP contribution in [-0.2, 0) is 11.2 Å². The topological polar surface area (TPSA) is 40.5 Å². The first-order chi connectivity index (χ1) is 7.68. The highest BCUT2D eigenvalue weighted by Crippen LogP contribution is 2.00. The molecule has 0 atom stereocenters. The maximum absolute atomic E-state index is 10.3. The van der Waals surface area contributed by atoms with Gasteiger partial charge in [-0.1, -0.05) is 36.4 Å². The third-order valence-corrected chi connectivity index (χ3v) is 2.30. The lowest BCUT2D eigenvalue weighted by Gasteiger charge is -2.13. The molecule has 0 aliphatic rings. The number of carbonyl (C=O) groups is 1. The highest BCUT2D eigenvalue weighted by atomic mass is 16.4. The largest absolute Gasteiger partial charge is 0.478 e. The molecule has 86 valence electrons. The highest BCUT2D eigenvalue weighted by Gasteiger charge is 1.97. The quantitative estimate of drug-likeness (QED) is 0.742. The van der Waals surface area contributed by atoms with E-state index >= 15 is 0 Å². The van der Waals surface area contributed by atoms with Crippen LogP contribution in [0.2, 0.25) is 0 Å². The smallest absolute Gasteiger partial charge is 0.328 e. The summed E-state index contributed by atoms with van der Waals surface area (Å²) < 4.78 is 0. The zero-order chi connectivity index (χ0) is 11.8. The monoisotopic (exact) mass is 219 g/mol. The summed E-state index contributed by atoms with van der Waals surface area (Å²) in [6.07, 6.45) is 3.82. The summed E-state index contributed by atoms with van der Waals surface area (Å²) in [5, 5.41) is 8.43. The molecule has 0 aromatic heterocycles. The summed E-state index contributed by atoms with van der Waals surface area (Å²) in [6.45, 7) is 1.59. The van der Waals surface area contributed by atoms with Crippen LogP contribution < -0.4 is 0 Å². The van der Waals surface area contributed by atoms with Gasteiger partial charge in [0.05, 0.1) is 0 Å². The molecule has 1 aromatic carbocycles. The molecule has 1 N–H and O–H groups in total. The average molecular weight is 219 g/mol. The van der Waals surface area contributed by atoms with E-state index in [-0.39, 0.29) is 0 Å². The zero-order valence-corrected chi connectivity index (χ0v) is 9.47. The standard InChI is InChI=1S/C13H17NO2/c1-14(10-5-8-13(15)16)11-9-12-6-3-2-4-7-12/h2-8H,9-11H2,1H3,(H,15,16)/b8-5+. The average Bonchev–Trinajstić information content (AvgIpc) is 2.27. The first kappa shape index (κ1) is 12.5. The third-order valence-electron chi connectivity index (χ3n) is 2.30. The molecule has 0 heterocycles. The zero-order valence-electron chi connectivity index (χ0n) is 9.47. The Hall–Kier alpha value is -1.61. The van der Waals surface area contributed by atoms with E-state index in [1.54, 1.807) is 6.08 Å². The van der Waals surface area contributed by atoms with Gasteiger partial charge < -0.3 is 10.0 Å². The number of benzene rings is 1. The van der Waals surface area contributed by atoms with Crippen molar-refractivity contribution in [3.63, 3.8) is 0 Å². The molecule has 0 fully saturated rings. The van der Waals surface area contributed by atoms with Gasteiger partial charge in [-0.05, 0) is 19.0 Å². The second-order valence-corrected chi connectivity index (χ2v) is 3.74. The number of rotatable bonds is 6. The Labute approximate surface area is 96.0 Å². The molecule has 0 amide bonds. The molecular formula is C13H17NO2. The molecule has 3 nitrogen and oxygen atoms in total. The molecular weight excluding hydrogens is 202 g/mol. The first-order valence-corrected chi connectivity index (χ1v) is 5.30. The van der Waals surface area contributed by atoms with Crippen LogP contribution in [0, 0.1) is 0 Å². The van der Waals surface area contributed by atoms with E-state index in [9.17, 15) is 4.79 Å². The van der Waals surface area contributed by atoms with Crippen LogP contribution in [0.4, 0.5) is 0 Å². The molecule has 0 spiro atoms. The summed E-state index contributed by atoms with van der Waals surface area (Å²) in [7, 11) is 1.98. The lowest BCUT2D eigenvalue weighted by atomic mass is 10.1. The molecule has 3 heteroatoms. The maximum Gasteiger partial charge on any atom is 0.328 e. The van der Waals surface area contributed by atoms with Gasteiger partial charge in [-0.2, -0.15) is 0 Å². The minimum atomic E-state index is -0.892. The van der Waals surface area contributed by atoms with Crippen LogP contribution in [0.5, 0.6) is 0 Å². The summed E-state index contributed by atoms with van der Waals surface area (Å²) >= 11 is 0. The second kappa shape index (κ2) is 6.80. The second-order valence-electron chi connectivity index (χ2n) is 3.74. The summed E-state index contributed by atoms with van der Waals surface area (Å²) in [4.78, 5) is 12.3. The fourth-order valence-corrected chi connectivity index (χ4v) is 1.39. The lowest BCUT2D eigenvalue weighted by molar-refractivity contribution is -0.131. The molecule has 1 rings (SSSR count). The van der Waals surface area contributed by atoms with Crippen molar-refractivity contribution in [3.8, 4) is 0 Å². The van der Waals surface area contributed by atoms with Gasteiger partial charge >= 0.3 is 5.97 Å². The minimum absolute atomic E-state index is 0.666. The Bertz CT molecular complexity index is 346. The van der Waals surface area contributed by atoms with Gasteiger partial charge in [0.25, 0.3) is 0 Å². The Morgan fingerprint density at radius 1 is 1.38 bits per heavy atom. The Kier molecular flexibility index (Phi) is 5.29. The number of nitrogens with zero attached hydrogens (tertiary/aromatic N) is 1. The lowest BCUT2D eigenvalue weighted by Crippen LogP contribution is -2.21. The fourth-order valence-electron chi connectivity index (χ4n) is 1.39. The highest BCUT2D eigenvalue weighted by molar-refractivity contribution is 5.79. The molecule has 0 saturated carbocycles. The summed E-state index contributed by atoms with van der Waals surface area (Å²) in [6, 6.07) is 10.3. The van der Waals surface area contributed by atoms with Crippen molar-refractivity contribution in [2.45, 2.75) is 6.42 Å². The van der Waals surface area contributed by atoms with Crippen molar-refractivity contribution in [1.29, 1.82) is 0 Å². The van der Waals surface area contributed by atoms with E-state index in [4.69, 9.17) is 5.11 Å².